The van der Waals surface area contributed by atoms with Crippen LogP contribution in [-0.2, 0) is 4.79 Å². The van der Waals surface area contributed by atoms with Crippen LogP contribution in [0.4, 0.5) is 5.69 Å². The smallest absolute Gasteiger partial charge is 0.266 e. The van der Waals surface area contributed by atoms with Crippen LogP contribution in [0, 0.1) is 0 Å². The van der Waals surface area contributed by atoms with Gasteiger partial charge in [-0.15, -0.1) is 0 Å². The van der Waals surface area contributed by atoms with Crippen LogP contribution < -0.4 is 0 Å². The van der Waals surface area contributed by atoms with E-state index in [2.05, 4.69) is 20.9 Å². The molecule has 3 aromatic rings. The summed E-state index contributed by atoms with van der Waals surface area (Å²) in [5.74, 6) is 1.27. The largest absolute Gasteiger partial charge is 0.457 e. The molecule has 4 rings (SSSR count). The van der Waals surface area contributed by atoms with Crippen LogP contribution in [0.15, 0.2) is 79.5 Å². The second-order valence-corrected chi connectivity index (χ2v) is 8.90. The number of furan rings is 1. The van der Waals surface area contributed by atoms with E-state index in [0.717, 1.165) is 22.1 Å². The van der Waals surface area contributed by atoms with Crippen molar-refractivity contribution >= 4 is 62.1 Å². The van der Waals surface area contributed by atoms with Gasteiger partial charge in [-0.3, -0.25) is 9.69 Å². The number of amidine groups is 1. The lowest BCUT2D eigenvalue weighted by Gasteiger charge is -2.13. The molecule has 0 N–H and O–H groups in total. The van der Waals surface area contributed by atoms with Gasteiger partial charge in [0.1, 0.15) is 11.5 Å². The summed E-state index contributed by atoms with van der Waals surface area (Å²) in [6.07, 6.45) is 2.63. The molecule has 0 spiro atoms. The minimum atomic E-state index is -0.0521. The SMILES string of the molecule is CCCN1C(=O)/C(=C\c2ccc(-c3ccc(Cl)c(Br)c3)o2)SC1=Nc1ccccc1. The quantitative estimate of drug-likeness (QED) is 0.343. The first-order valence-corrected chi connectivity index (χ1v) is 11.4. The molecule has 0 saturated carbocycles. The third-order valence-corrected chi connectivity index (χ3v) is 6.64. The molecule has 152 valence electrons. The highest BCUT2D eigenvalue weighted by atomic mass is 79.9. The van der Waals surface area contributed by atoms with Crippen molar-refractivity contribution in [2.45, 2.75) is 13.3 Å². The molecule has 0 atom stereocenters. The first kappa shape index (κ1) is 21.0. The molecule has 4 nitrogen and oxygen atoms in total. The highest BCUT2D eigenvalue weighted by molar-refractivity contribution is 9.10. The van der Waals surface area contributed by atoms with E-state index in [1.807, 2.05) is 67.6 Å². The Morgan fingerprint density at radius 2 is 1.97 bits per heavy atom. The van der Waals surface area contributed by atoms with Crippen molar-refractivity contribution in [1.82, 2.24) is 4.90 Å². The molecule has 0 aliphatic carbocycles. The van der Waals surface area contributed by atoms with Gasteiger partial charge in [-0.1, -0.05) is 36.7 Å². The molecule has 0 unspecified atom stereocenters. The molecule has 0 radical (unpaired) electrons. The zero-order chi connectivity index (χ0) is 21.1. The van der Waals surface area contributed by atoms with Gasteiger partial charge in [0.15, 0.2) is 5.17 Å². The summed E-state index contributed by atoms with van der Waals surface area (Å²) in [7, 11) is 0. The van der Waals surface area contributed by atoms with Crippen LogP contribution in [0.2, 0.25) is 5.02 Å². The summed E-state index contributed by atoms with van der Waals surface area (Å²) in [5.41, 5.74) is 1.73. The second-order valence-electron chi connectivity index (χ2n) is 6.63. The number of rotatable bonds is 5. The Labute approximate surface area is 192 Å². The van der Waals surface area contributed by atoms with E-state index in [-0.39, 0.29) is 5.91 Å². The Morgan fingerprint density at radius 3 is 2.70 bits per heavy atom. The van der Waals surface area contributed by atoms with Crippen LogP contribution in [-0.4, -0.2) is 22.5 Å². The molecular weight excluding hydrogens is 484 g/mol. The Morgan fingerprint density at radius 1 is 1.17 bits per heavy atom. The summed E-state index contributed by atoms with van der Waals surface area (Å²) in [4.78, 5) is 19.9. The molecule has 1 aliphatic rings. The van der Waals surface area contributed by atoms with Gasteiger partial charge in [-0.2, -0.15) is 0 Å². The maximum Gasteiger partial charge on any atom is 0.266 e. The standard InChI is InChI=1S/C23H18BrClN2O2S/c1-2-12-27-22(28)21(30-23(27)26-16-6-4-3-5-7-16)14-17-9-11-20(29-17)15-8-10-19(25)18(24)13-15/h3-11,13-14H,2,12H2,1H3/b21-14+,26-23?. The van der Waals surface area contributed by atoms with Crippen molar-refractivity contribution in [2.75, 3.05) is 6.54 Å². The van der Waals surface area contributed by atoms with Gasteiger partial charge in [-0.05, 0) is 76.6 Å². The van der Waals surface area contributed by atoms with Crippen molar-refractivity contribution in [3.05, 3.63) is 80.8 Å². The van der Waals surface area contributed by atoms with Gasteiger partial charge in [-0.25, -0.2) is 4.99 Å². The zero-order valence-electron chi connectivity index (χ0n) is 16.1. The number of carbonyl (C=O) groups is 1. The maximum absolute atomic E-state index is 13.0. The first-order valence-electron chi connectivity index (χ1n) is 9.45. The number of hydrogen-bond donors (Lipinski definition) is 0. The van der Waals surface area contributed by atoms with Gasteiger partial charge >= 0.3 is 0 Å². The predicted molar refractivity (Wildman–Crippen MR) is 128 cm³/mol. The van der Waals surface area contributed by atoms with Crippen molar-refractivity contribution in [1.29, 1.82) is 0 Å². The minimum Gasteiger partial charge on any atom is -0.457 e. The number of carbonyl (C=O) groups excluding carboxylic acids is 1. The lowest BCUT2D eigenvalue weighted by atomic mass is 10.2. The molecule has 1 amide bonds. The van der Waals surface area contributed by atoms with E-state index in [1.165, 1.54) is 11.8 Å². The molecule has 1 saturated heterocycles. The van der Waals surface area contributed by atoms with E-state index in [9.17, 15) is 4.79 Å². The Kier molecular flexibility index (Phi) is 6.46. The number of thioether (sulfide) groups is 1. The minimum absolute atomic E-state index is 0.0521. The molecule has 1 aromatic heterocycles. The Hall–Kier alpha value is -2.28. The van der Waals surface area contributed by atoms with Crippen LogP contribution >= 0.6 is 39.3 Å². The average Bonchev–Trinajstić information content (AvgIpc) is 3.32. The van der Waals surface area contributed by atoms with Crippen LogP contribution in [0.3, 0.4) is 0 Å². The lowest BCUT2D eigenvalue weighted by Crippen LogP contribution is -2.29. The summed E-state index contributed by atoms with van der Waals surface area (Å²) in [6.45, 7) is 2.67. The molecular formula is C23H18BrClN2O2S. The van der Waals surface area contributed by atoms with Crippen molar-refractivity contribution in [3.8, 4) is 11.3 Å². The van der Waals surface area contributed by atoms with Crippen molar-refractivity contribution in [2.24, 2.45) is 4.99 Å². The summed E-state index contributed by atoms with van der Waals surface area (Å²) >= 11 is 10.9. The van der Waals surface area contributed by atoms with Crippen molar-refractivity contribution < 1.29 is 9.21 Å². The summed E-state index contributed by atoms with van der Waals surface area (Å²) < 4.78 is 6.76. The van der Waals surface area contributed by atoms with Crippen LogP contribution in [0.5, 0.6) is 0 Å². The molecule has 0 bridgehead atoms. The topological polar surface area (TPSA) is 45.8 Å². The highest BCUT2D eigenvalue weighted by Crippen LogP contribution is 2.35. The lowest BCUT2D eigenvalue weighted by molar-refractivity contribution is -0.122. The summed E-state index contributed by atoms with van der Waals surface area (Å²) in [5, 5.41) is 1.33. The van der Waals surface area contributed by atoms with Gasteiger partial charge in [0.25, 0.3) is 5.91 Å². The third kappa shape index (κ3) is 4.56. The molecule has 30 heavy (non-hydrogen) atoms. The van der Waals surface area contributed by atoms with E-state index < -0.39 is 0 Å². The third-order valence-electron chi connectivity index (χ3n) is 4.42. The second kappa shape index (κ2) is 9.25. The maximum atomic E-state index is 13.0. The number of benzene rings is 2. The Balaban J connectivity index is 1.62. The zero-order valence-corrected chi connectivity index (χ0v) is 19.3. The molecule has 1 aliphatic heterocycles. The van der Waals surface area contributed by atoms with Gasteiger partial charge in [0.2, 0.25) is 0 Å². The van der Waals surface area contributed by atoms with E-state index >= 15 is 0 Å². The monoisotopic (exact) mass is 500 g/mol. The Bertz CT molecular complexity index is 1140. The number of hydrogen-bond acceptors (Lipinski definition) is 4. The normalized spacial score (nSPS) is 16.8. The fraction of sp³-hybridized carbons (Fsp3) is 0.130. The van der Waals surface area contributed by atoms with E-state index in [4.69, 9.17) is 16.0 Å². The number of aliphatic imine (C=N–C) groups is 1. The molecule has 2 heterocycles. The van der Waals surface area contributed by atoms with Gasteiger partial charge in [0.05, 0.1) is 15.6 Å². The predicted octanol–water partition coefficient (Wildman–Crippen LogP) is 7.38. The fourth-order valence-corrected chi connectivity index (χ4v) is 4.49. The number of halogens is 2. The first-order chi connectivity index (χ1) is 14.5. The van der Waals surface area contributed by atoms with Crippen LogP contribution in [0.25, 0.3) is 17.4 Å². The molecule has 7 heteroatoms. The fourth-order valence-electron chi connectivity index (χ4n) is 2.99. The van der Waals surface area contributed by atoms with Crippen molar-refractivity contribution in [3.63, 3.8) is 0 Å². The van der Waals surface area contributed by atoms with E-state index in [0.29, 0.717) is 33.2 Å². The number of amides is 1. The van der Waals surface area contributed by atoms with E-state index in [1.54, 1.807) is 11.0 Å². The molecule has 1 fully saturated rings. The highest BCUT2D eigenvalue weighted by Gasteiger charge is 2.33. The summed E-state index contributed by atoms with van der Waals surface area (Å²) in [6, 6.07) is 19.0. The average molecular weight is 502 g/mol. The number of para-hydroxylation sites is 1. The van der Waals surface area contributed by atoms with Gasteiger partial charge < -0.3 is 4.42 Å². The van der Waals surface area contributed by atoms with Crippen LogP contribution in [0.1, 0.15) is 19.1 Å². The number of nitrogens with zero attached hydrogens (tertiary/aromatic N) is 2. The van der Waals surface area contributed by atoms with Gasteiger partial charge in [0, 0.05) is 22.7 Å². The molecule has 2 aromatic carbocycles.